The summed E-state index contributed by atoms with van der Waals surface area (Å²) in [5.41, 5.74) is 2.23. The highest BCUT2D eigenvalue weighted by atomic mass is 35.5. The molecule has 82 valence electrons. The van der Waals surface area contributed by atoms with Gasteiger partial charge in [-0.25, -0.2) is 0 Å². The molecule has 0 fully saturated rings. The number of hydrazone groups is 1. The van der Waals surface area contributed by atoms with Gasteiger partial charge in [-0.05, 0) is 30.5 Å². The van der Waals surface area contributed by atoms with Crippen LogP contribution in [0.2, 0.25) is 5.02 Å². The van der Waals surface area contributed by atoms with E-state index in [0.29, 0.717) is 6.54 Å². The lowest BCUT2D eigenvalue weighted by atomic mass is 10.0. The monoisotopic (exact) mass is 232 g/mol. The highest BCUT2D eigenvalue weighted by Crippen LogP contribution is 2.16. The van der Waals surface area contributed by atoms with Gasteiger partial charge >= 0.3 is 0 Å². The fraction of sp³-hybridized carbons (Fsp3) is 0.308. The molecule has 2 rings (SSSR count). The molecule has 3 heteroatoms. The summed E-state index contributed by atoms with van der Waals surface area (Å²) in [6.45, 7) is 1.53. The average Bonchev–Trinajstić information content (AvgIpc) is 2.31. The second-order valence-corrected chi connectivity index (χ2v) is 4.19. The van der Waals surface area contributed by atoms with E-state index in [9.17, 15) is 0 Å². The van der Waals surface area contributed by atoms with Gasteiger partial charge in [0.2, 0.25) is 0 Å². The molecule has 0 aromatic heterocycles. The van der Waals surface area contributed by atoms with E-state index in [1.165, 1.54) is 0 Å². The van der Waals surface area contributed by atoms with Crippen molar-refractivity contribution in [3.05, 3.63) is 34.9 Å². The molecule has 0 aliphatic carbocycles. The molecule has 1 aliphatic rings. The minimum Gasteiger partial charge on any atom is -0.285 e. The predicted octanol–water partition coefficient (Wildman–Crippen LogP) is 2.77. The van der Waals surface area contributed by atoms with Crippen molar-refractivity contribution in [2.45, 2.75) is 12.8 Å². The Labute approximate surface area is 101 Å². The third-order valence-corrected chi connectivity index (χ3v) is 2.80. The Kier molecular flexibility index (Phi) is 3.48. The lowest BCUT2D eigenvalue weighted by Crippen LogP contribution is -2.26. The Morgan fingerprint density at radius 1 is 1.38 bits per heavy atom. The Balaban J connectivity index is 2.20. The van der Waals surface area contributed by atoms with Crippen LogP contribution in [0.3, 0.4) is 0 Å². The van der Waals surface area contributed by atoms with Crippen molar-refractivity contribution in [1.29, 1.82) is 0 Å². The number of terminal acetylenes is 1. The molecule has 0 amide bonds. The van der Waals surface area contributed by atoms with E-state index in [0.717, 1.165) is 35.7 Å². The molecule has 1 aromatic rings. The molecule has 0 saturated carbocycles. The summed E-state index contributed by atoms with van der Waals surface area (Å²) in [7, 11) is 0. The SMILES string of the molecule is C#CCN1CCCC(c2ccc(Cl)cc2)=N1. The maximum Gasteiger partial charge on any atom is 0.0965 e. The van der Waals surface area contributed by atoms with Crippen LogP contribution >= 0.6 is 11.6 Å². The Bertz CT molecular complexity index is 428. The summed E-state index contributed by atoms with van der Waals surface area (Å²) < 4.78 is 0. The van der Waals surface area contributed by atoms with Crippen LogP contribution in [0.15, 0.2) is 29.4 Å². The van der Waals surface area contributed by atoms with Gasteiger partial charge in [-0.3, -0.25) is 5.01 Å². The van der Waals surface area contributed by atoms with Crippen LogP contribution in [0.5, 0.6) is 0 Å². The lowest BCUT2D eigenvalue weighted by molar-refractivity contribution is 0.307. The van der Waals surface area contributed by atoms with Crippen molar-refractivity contribution < 1.29 is 0 Å². The zero-order valence-corrected chi connectivity index (χ0v) is 9.74. The highest BCUT2D eigenvalue weighted by Gasteiger charge is 2.12. The number of hydrogen-bond donors (Lipinski definition) is 0. The third-order valence-electron chi connectivity index (χ3n) is 2.54. The number of hydrogen-bond acceptors (Lipinski definition) is 2. The van der Waals surface area contributed by atoms with Gasteiger partial charge in [0.15, 0.2) is 0 Å². The normalized spacial score (nSPS) is 15.5. The first-order valence-electron chi connectivity index (χ1n) is 5.31. The van der Waals surface area contributed by atoms with E-state index >= 15 is 0 Å². The van der Waals surface area contributed by atoms with Gasteiger partial charge in [0.25, 0.3) is 0 Å². The van der Waals surface area contributed by atoms with Crippen LogP contribution in [0.1, 0.15) is 18.4 Å². The zero-order chi connectivity index (χ0) is 11.4. The smallest absolute Gasteiger partial charge is 0.0965 e. The van der Waals surface area contributed by atoms with E-state index < -0.39 is 0 Å². The van der Waals surface area contributed by atoms with Crippen molar-refractivity contribution in [3.63, 3.8) is 0 Å². The average molecular weight is 233 g/mol. The third kappa shape index (κ3) is 2.56. The van der Waals surface area contributed by atoms with Gasteiger partial charge in [-0.15, -0.1) is 6.42 Å². The first-order chi connectivity index (χ1) is 7.79. The fourth-order valence-corrected chi connectivity index (χ4v) is 1.89. The first kappa shape index (κ1) is 11.0. The molecule has 0 radical (unpaired) electrons. The Morgan fingerprint density at radius 2 is 2.12 bits per heavy atom. The second-order valence-electron chi connectivity index (χ2n) is 3.75. The number of benzene rings is 1. The molecular weight excluding hydrogens is 220 g/mol. The van der Waals surface area contributed by atoms with E-state index in [2.05, 4.69) is 11.0 Å². The second kappa shape index (κ2) is 5.05. The minimum absolute atomic E-state index is 0.580. The zero-order valence-electron chi connectivity index (χ0n) is 8.99. The molecular formula is C13H13ClN2. The van der Waals surface area contributed by atoms with Gasteiger partial charge in [-0.1, -0.05) is 29.7 Å². The highest BCUT2D eigenvalue weighted by molar-refractivity contribution is 6.30. The van der Waals surface area contributed by atoms with Gasteiger partial charge in [-0.2, -0.15) is 5.10 Å². The maximum absolute atomic E-state index is 5.85. The van der Waals surface area contributed by atoms with E-state index in [4.69, 9.17) is 18.0 Å². The standard InChI is InChI=1S/C13H13ClN2/c1-2-9-16-10-3-4-13(15-16)11-5-7-12(14)8-6-11/h1,5-8H,3-4,9-10H2. The molecule has 0 bridgehead atoms. The number of rotatable bonds is 2. The van der Waals surface area contributed by atoms with Crippen LogP contribution in [-0.4, -0.2) is 23.8 Å². The van der Waals surface area contributed by atoms with Crippen LogP contribution in [0.25, 0.3) is 0 Å². The molecule has 0 atom stereocenters. The molecule has 0 N–H and O–H groups in total. The van der Waals surface area contributed by atoms with Crippen LogP contribution in [0, 0.1) is 12.3 Å². The largest absolute Gasteiger partial charge is 0.285 e. The van der Waals surface area contributed by atoms with Crippen LogP contribution < -0.4 is 0 Å². The summed E-state index contributed by atoms with van der Waals surface area (Å²) in [5.74, 6) is 2.62. The van der Waals surface area contributed by atoms with Gasteiger partial charge < -0.3 is 0 Å². The minimum atomic E-state index is 0.580. The molecule has 0 unspecified atom stereocenters. The van der Waals surface area contributed by atoms with Gasteiger partial charge in [0, 0.05) is 11.6 Å². The van der Waals surface area contributed by atoms with Gasteiger partial charge in [0.05, 0.1) is 12.3 Å². The first-order valence-corrected chi connectivity index (χ1v) is 5.69. The van der Waals surface area contributed by atoms with Crippen molar-refractivity contribution in [2.24, 2.45) is 5.10 Å². The van der Waals surface area contributed by atoms with Crippen molar-refractivity contribution in [2.75, 3.05) is 13.1 Å². The predicted molar refractivity (Wildman–Crippen MR) is 67.6 cm³/mol. The summed E-state index contributed by atoms with van der Waals surface area (Å²) in [6.07, 6.45) is 7.39. The molecule has 1 heterocycles. The maximum atomic E-state index is 5.85. The lowest BCUT2D eigenvalue weighted by Gasteiger charge is -2.23. The van der Waals surface area contributed by atoms with Gasteiger partial charge in [0.1, 0.15) is 0 Å². The fourth-order valence-electron chi connectivity index (χ4n) is 1.76. The number of nitrogens with zero attached hydrogens (tertiary/aromatic N) is 2. The molecule has 1 aliphatic heterocycles. The van der Waals surface area contributed by atoms with Crippen molar-refractivity contribution in [3.8, 4) is 12.3 Å². The summed E-state index contributed by atoms with van der Waals surface area (Å²) in [4.78, 5) is 0. The summed E-state index contributed by atoms with van der Waals surface area (Å²) in [6, 6.07) is 7.78. The number of halogens is 1. The Hall–Kier alpha value is -1.46. The van der Waals surface area contributed by atoms with E-state index in [-0.39, 0.29) is 0 Å². The van der Waals surface area contributed by atoms with E-state index in [1.54, 1.807) is 0 Å². The summed E-state index contributed by atoms with van der Waals surface area (Å²) >= 11 is 5.85. The quantitative estimate of drug-likeness (QED) is 0.716. The molecule has 2 nitrogen and oxygen atoms in total. The van der Waals surface area contributed by atoms with E-state index in [1.807, 2.05) is 29.3 Å². The van der Waals surface area contributed by atoms with Crippen LogP contribution in [-0.2, 0) is 0 Å². The topological polar surface area (TPSA) is 15.6 Å². The molecule has 1 aromatic carbocycles. The molecule has 16 heavy (non-hydrogen) atoms. The molecule has 0 saturated heterocycles. The van der Waals surface area contributed by atoms with Crippen molar-refractivity contribution in [1.82, 2.24) is 5.01 Å². The molecule has 0 spiro atoms. The van der Waals surface area contributed by atoms with Crippen LogP contribution in [0.4, 0.5) is 0 Å². The summed E-state index contributed by atoms with van der Waals surface area (Å²) in [5, 5.41) is 7.22. The van der Waals surface area contributed by atoms with Crippen molar-refractivity contribution >= 4 is 17.3 Å². The Morgan fingerprint density at radius 3 is 2.81 bits per heavy atom.